The SMILES string of the molecule is Cc1ccc(S(=O)(=O)NC(CC(C)C)c2nnc(N(S(=O)(=O)c3ccc(Cl)cc3)S(=O)(=O)c3ccc(Cl)cc3)s2)cc1. The largest absolute Gasteiger partial charge is 0.279 e. The topological polar surface area (TPSA) is 143 Å². The number of nitrogens with one attached hydrogen (secondary N) is 1. The first-order chi connectivity index (χ1) is 19.6. The molecule has 1 atom stereocenters. The van der Waals surface area contributed by atoms with Crippen molar-refractivity contribution in [3.8, 4) is 0 Å². The zero-order valence-corrected chi connectivity index (χ0v) is 27.2. The highest BCUT2D eigenvalue weighted by Crippen LogP contribution is 2.36. The fourth-order valence-corrected chi connectivity index (χ4v) is 10.3. The Morgan fingerprint density at radius 1 is 0.738 bits per heavy atom. The van der Waals surface area contributed by atoms with Gasteiger partial charge in [0, 0.05) is 10.0 Å². The van der Waals surface area contributed by atoms with Crippen molar-refractivity contribution in [1.82, 2.24) is 14.9 Å². The lowest BCUT2D eigenvalue weighted by atomic mass is 10.1. The minimum absolute atomic E-state index is 0.0187. The summed E-state index contributed by atoms with van der Waals surface area (Å²) in [7, 11) is -13.6. The standard InChI is InChI=1S/C26H26Cl2N4O6S4/c1-17(2)16-24(31-40(33,34)21-10-4-18(3)5-11-21)25-29-30-26(39-25)32(41(35,36)22-12-6-19(27)7-13-22)42(37,38)23-14-8-20(28)9-15-23/h4-15,17,24,31H,16H2,1-3H3. The summed E-state index contributed by atoms with van der Waals surface area (Å²) in [5, 5.41) is 8.05. The summed E-state index contributed by atoms with van der Waals surface area (Å²) in [6.07, 6.45) is 0.271. The van der Waals surface area contributed by atoms with Gasteiger partial charge in [-0.05, 0) is 79.9 Å². The van der Waals surface area contributed by atoms with Crippen LogP contribution in [0.3, 0.4) is 0 Å². The summed E-state index contributed by atoms with van der Waals surface area (Å²) in [5.74, 6) is -0.0187. The van der Waals surface area contributed by atoms with Crippen LogP contribution in [0.25, 0.3) is 0 Å². The Morgan fingerprint density at radius 3 is 1.64 bits per heavy atom. The van der Waals surface area contributed by atoms with Crippen LogP contribution in [0.4, 0.5) is 5.13 Å². The molecule has 0 saturated carbocycles. The molecule has 42 heavy (non-hydrogen) atoms. The van der Waals surface area contributed by atoms with E-state index in [1.807, 2.05) is 20.8 Å². The number of hydrogen-bond acceptors (Lipinski definition) is 9. The van der Waals surface area contributed by atoms with Crippen molar-refractivity contribution in [3.05, 3.63) is 93.4 Å². The Morgan fingerprint density at radius 2 is 1.19 bits per heavy atom. The molecule has 0 saturated heterocycles. The van der Waals surface area contributed by atoms with Crippen LogP contribution < -0.4 is 8.43 Å². The van der Waals surface area contributed by atoms with Crippen LogP contribution in [0, 0.1) is 12.8 Å². The Bertz CT molecular complexity index is 1800. The number of anilines is 1. The average Bonchev–Trinajstić information content (AvgIpc) is 3.37. The molecule has 0 fully saturated rings. The Kier molecular flexibility index (Phi) is 9.67. The minimum Gasteiger partial charge on any atom is -0.207 e. The smallest absolute Gasteiger partial charge is 0.207 e. The van der Waals surface area contributed by atoms with Gasteiger partial charge in [-0.25, -0.2) is 13.1 Å². The van der Waals surface area contributed by atoms with Gasteiger partial charge in [0.25, 0.3) is 20.0 Å². The third kappa shape index (κ3) is 7.13. The van der Waals surface area contributed by atoms with E-state index in [2.05, 4.69) is 14.9 Å². The van der Waals surface area contributed by atoms with Gasteiger partial charge in [-0.15, -0.1) is 13.9 Å². The monoisotopic (exact) mass is 688 g/mol. The number of hydrogen-bond donors (Lipinski definition) is 1. The Hall–Kier alpha value is -2.59. The van der Waals surface area contributed by atoms with Gasteiger partial charge in [-0.2, -0.15) is 16.8 Å². The summed E-state index contributed by atoms with van der Waals surface area (Å²) in [6.45, 7) is 5.57. The highest BCUT2D eigenvalue weighted by Gasteiger charge is 2.40. The normalized spacial score (nSPS) is 13.3. The van der Waals surface area contributed by atoms with Gasteiger partial charge < -0.3 is 0 Å². The first-order valence-electron chi connectivity index (χ1n) is 12.4. The fourth-order valence-electron chi connectivity index (χ4n) is 3.82. The van der Waals surface area contributed by atoms with E-state index in [0.29, 0.717) is 11.3 Å². The number of aryl methyl sites for hydroxylation is 1. The van der Waals surface area contributed by atoms with Crippen LogP contribution in [0.15, 0.2) is 87.5 Å². The summed E-state index contributed by atoms with van der Waals surface area (Å²) < 4.78 is 84.6. The molecule has 0 spiro atoms. The van der Waals surface area contributed by atoms with Gasteiger partial charge in [-0.3, -0.25) is 0 Å². The van der Waals surface area contributed by atoms with Crippen molar-refractivity contribution < 1.29 is 25.3 Å². The highest BCUT2D eigenvalue weighted by atomic mass is 35.5. The molecule has 1 unspecified atom stereocenters. The van der Waals surface area contributed by atoms with Crippen molar-refractivity contribution in [2.45, 2.75) is 47.9 Å². The predicted octanol–water partition coefficient (Wildman–Crippen LogP) is 5.80. The quantitative estimate of drug-likeness (QED) is 0.208. The lowest BCUT2D eigenvalue weighted by molar-refractivity contribution is 0.469. The molecule has 1 N–H and O–H groups in total. The Labute approximate surface area is 259 Å². The number of aromatic nitrogens is 2. The van der Waals surface area contributed by atoms with E-state index >= 15 is 0 Å². The van der Waals surface area contributed by atoms with Crippen LogP contribution in [0.5, 0.6) is 0 Å². The van der Waals surface area contributed by atoms with Crippen molar-refractivity contribution in [3.63, 3.8) is 0 Å². The van der Waals surface area contributed by atoms with Gasteiger partial charge in [-0.1, -0.05) is 66.1 Å². The number of nitrogens with zero attached hydrogens (tertiary/aromatic N) is 3. The van der Waals surface area contributed by atoms with E-state index < -0.39 is 41.2 Å². The summed E-state index contributed by atoms with van der Waals surface area (Å²) >= 11 is 12.5. The maximum Gasteiger partial charge on any atom is 0.279 e. The highest BCUT2D eigenvalue weighted by molar-refractivity contribution is 8.10. The molecule has 0 radical (unpaired) electrons. The third-order valence-electron chi connectivity index (χ3n) is 5.88. The molecule has 1 aromatic heterocycles. The van der Waals surface area contributed by atoms with E-state index in [4.69, 9.17) is 23.2 Å². The van der Waals surface area contributed by atoms with E-state index in [1.54, 1.807) is 12.1 Å². The van der Waals surface area contributed by atoms with Crippen LogP contribution in [0.1, 0.15) is 36.9 Å². The maximum atomic E-state index is 13.8. The zero-order chi connectivity index (χ0) is 30.9. The second kappa shape index (κ2) is 12.6. The van der Waals surface area contributed by atoms with Crippen LogP contribution >= 0.6 is 34.5 Å². The summed E-state index contributed by atoms with van der Waals surface area (Å²) in [6, 6.07) is 15.2. The molecule has 224 valence electrons. The van der Waals surface area contributed by atoms with E-state index in [9.17, 15) is 25.3 Å². The Balaban J connectivity index is 1.82. The van der Waals surface area contributed by atoms with Gasteiger partial charge in [0.05, 0.1) is 20.7 Å². The first kappa shape index (κ1) is 32.3. The predicted molar refractivity (Wildman–Crippen MR) is 163 cm³/mol. The lowest BCUT2D eigenvalue weighted by Crippen LogP contribution is -2.37. The second-order valence-corrected chi connectivity index (χ2v) is 17.0. The van der Waals surface area contributed by atoms with Gasteiger partial charge in [0.15, 0.2) is 0 Å². The number of sulfonamides is 3. The molecular weight excluding hydrogens is 663 g/mol. The fraction of sp³-hybridized carbons (Fsp3) is 0.231. The van der Waals surface area contributed by atoms with Crippen molar-refractivity contribution in [2.24, 2.45) is 5.92 Å². The first-order valence-corrected chi connectivity index (χ1v) is 18.3. The van der Waals surface area contributed by atoms with Crippen LogP contribution in [-0.4, -0.2) is 35.5 Å². The molecule has 4 rings (SSSR count). The summed E-state index contributed by atoms with van der Waals surface area (Å²) in [5.41, 5.74) is 0.880. The third-order valence-corrected chi connectivity index (χ3v) is 13.3. The van der Waals surface area contributed by atoms with E-state index in [0.717, 1.165) is 5.56 Å². The minimum atomic E-state index is -4.78. The van der Waals surface area contributed by atoms with Crippen molar-refractivity contribution >= 4 is 69.7 Å². The van der Waals surface area contributed by atoms with Gasteiger partial charge in [0.1, 0.15) is 5.01 Å². The van der Waals surface area contributed by atoms with Crippen LogP contribution in [-0.2, 0) is 30.1 Å². The van der Waals surface area contributed by atoms with Crippen molar-refractivity contribution in [2.75, 3.05) is 3.71 Å². The number of rotatable bonds is 11. The molecule has 1 heterocycles. The molecule has 10 nitrogen and oxygen atoms in total. The number of benzene rings is 3. The van der Waals surface area contributed by atoms with Gasteiger partial charge >= 0.3 is 0 Å². The second-order valence-electron chi connectivity index (χ2n) is 9.65. The van der Waals surface area contributed by atoms with E-state index in [-0.39, 0.29) is 45.8 Å². The zero-order valence-electron chi connectivity index (χ0n) is 22.5. The van der Waals surface area contributed by atoms with Gasteiger partial charge in [0.2, 0.25) is 15.2 Å². The van der Waals surface area contributed by atoms with Crippen molar-refractivity contribution in [1.29, 1.82) is 0 Å². The molecule has 0 aliphatic heterocycles. The number of halogens is 2. The molecular formula is C26H26Cl2N4O6S4. The van der Waals surface area contributed by atoms with Crippen LogP contribution in [0.2, 0.25) is 10.0 Å². The summed E-state index contributed by atoms with van der Waals surface area (Å²) in [4.78, 5) is -0.691. The molecule has 0 aliphatic rings. The molecule has 0 bridgehead atoms. The molecule has 4 aromatic rings. The molecule has 0 amide bonds. The molecule has 0 aliphatic carbocycles. The van der Waals surface area contributed by atoms with E-state index in [1.165, 1.54) is 60.7 Å². The maximum absolute atomic E-state index is 13.8. The lowest BCUT2D eigenvalue weighted by Gasteiger charge is -2.21. The molecule has 3 aromatic carbocycles. The molecule has 16 heteroatoms. The average molecular weight is 690 g/mol.